The van der Waals surface area contributed by atoms with Crippen LogP contribution in [0, 0.1) is 0 Å². The van der Waals surface area contributed by atoms with E-state index < -0.39 is 0 Å². The van der Waals surface area contributed by atoms with E-state index in [1.165, 1.54) is 10.8 Å². The van der Waals surface area contributed by atoms with Gasteiger partial charge in [-0.05, 0) is 12.1 Å². The number of hydrazine groups is 1. The van der Waals surface area contributed by atoms with Gasteiger partial charge in [0.1, 0.15) is 17.7 Å². The van der Waals surface area contributed by atoms with Gasteiger partial charge in [-0.2, -0.15) is 0 Å². The normalized spacial score (nSPS) is 17.3. The third-order valence-corrected chi connectivity index (χ3v) is 3.68. The molecule has 92 valence electrons. The Morgan fingerprint density at radius 2 is 2.00 bits per heavy atom. The number of nitrogens with one attached hydrogen (secondary N) is 1. The molecule has 0 saturated carbocycles. The van der Waals surface area contributed by atoms with E-state index in [4.69, 9.17) is 35.0 Å². The highest BCUT2D eigenvalue weighted by Crippen LogP contribution is 2.37. The van der Waals surface area contributed by atoms with E-state index in [1.807, 2.05) is 12.1 Å². The van der Waals surface area contributed by atoms with Crippen molar-refractivity contribution in [2.24, 2.45) is 4.99 Å². The van der Waals surface area contributed by atoms with E-state index in [1.54, 1.807) is 23.5 Å². The van der Waals surface area contributed by atoms with Crippen molar-refractivity contribution in [2.75, 3.05) is 5.01 Å². The van der Waals surface area contributed by atoms with Crippen LogP contribution in [-0.4, -0.2) is 10.8 Å². The molecule has 2 aliphatic rings. The first-order valence-electron chi connectivity index (χ1n) is 5.08. The van der Waals surface area contributed by atoms with Crippen LogP contribution in [0.25, 0.3) is 0 Å². The summed E-state index contributed by atoms with van der Waals surface area (Å²) in [6, 6.07) is 5.42. The van der Waals surface area contributed by atoms with Crippen molar-refractivity contribution in [3.05, 3.63) is 52.0 Å². The second-order valence-corrected chi connectivity index (χ2v) is 4.81. The average Bonchev–Trinajstić information content (AvgIpc) is 2.78. The molecule has 18 heavy (non-hydrogen) atoms. The summed E-state index contributed by atoms with van der Waals surface area (Å²) >= 11 is 18.2. The second-order valence-electron chi connectivity index (χ2n) is 3.66. The van der Waals surface area contributed by atoms with Crippen LogP contribution in [0.4, 0.5) is 5.69 Å². The van der Waals surface area contributed by atoms with Crippen LogP contribution in [0.3, 0.4) is 0 Å². The largest absolute Gasteiger partial charge is 0.299 e. The van der Waals surface area contributed by atoms with Crippen molar-refractivity contribution in [2.45, 2.75) is 0 Å². The lowest BCUT2D eigenvalue weighted by Gasteiger charge is -2.24. The van der Waals surface area contributed by atoms with Gasteiger partial charge in [-0.3, -0.25) is 10.4 Å². The highest BCUT2D eigenvalue weighted by atomic mass is 35.5. The molecule has 1 N–H and O–H groups in total. The molecule has 4 nitrogen and oxygen atoms in total. The molecule has 2 aliphatic heterocycles. The van der Waals surface area contributed by atoms with Crippen LogP contribution >= 0.6 is 35.0 Å². The smallest absolute Gasteiger partial charge is 0.111 e. The van der Waals surface area contributed by atoms with Crippen LogP contribution in [0.15, 0.2) is 47.0 Å². The lowest BCUT2D eigenvalue weighted by Crippen LogP contribution is -2.30. The second kappa shape index (κ2) is 4.39. The Balaban J connectivity index is 2.03. The fraction of sp³-hybridized carbons (Fsp3) is 0. The van der Waals surface area contributed by atoms with E-state index in [2.05, 4.69) is 10.4 Å². The molecule has 7 heteroatoms. The number of benzene rings is 1. The van der Waals surface area contributed by atoms with Gasteiger partial charge in [0.15, 0.2) is 0 Å². The quantitative estimate of drug-likeness (QED) is 0.806. The SMILES string of the molecule is Clc1cccc(N2NC=C3C2=CN=CN3Cl)c1Cl. The Morgan fingerprint density at radius 3 is 2.83 bits per heavy atom. The third-order valence-electron chi connectivity index (χ3n) is 2.60. The molecule has 0 fully saturated rings. The zero-order valence-corrected chi connectivity index (χ0v) is 11.2. The molecule has 0 atom stereocenters. The Kier molecular flexibility index (Phi) is 2.86. The van der Waals surface area contributed by atoms with Gasteiger partial charge in [0.25, 0.3) is 0 Å². The molecule has 1 aromatic rings. The minimum absolute atomic E-state index is 0.470. The van der Waals surface area contributed by atoms with Crippen LogP contribution < -0.4 is 10.4 Å². The number of rotatable bonds is 1. The highest BCUT2D eigenvalue weighted by Gasteiger charge is 2.28. The van der Waals surface area contributed by atoms with E-state index in [-0.39, 0.29) is 0 Å². The summed E-state index contributed by atoms with van der Waals surface area (Å²) in [6.45, 7) is 0. The Bertz CT molecular complexity index is 594. The van der Waals surface area contributed by atoms with Crippen molar-refractivity contribution in [1.29, 1.82) is 0 Å². The van der Waals surface area contributed by atoms with Crippen LogP contribution in [0.1, 0.15) is 0 Å². The number of aliphatic imine (C=N–C) groups is 1. The number of fused-ring (bicyclic) bond motifs is 1. The maximum atomic E-state index is 6.19. The van der Waals surface area contributed by atoms with E-state index in [9.17, 15) is 0 Å². The maximum Gasteiger partial charge on any atom is 0.111 e. The van der Waals surface area contributed by atoms with Crippen molar-refractivity contribution < 1.29 is 0 Å². The first-order valence-corrected chi connectivity index (χ1v) is 6.17. The summed E-state index contributed by atoms with van der Waals surface area (Å²) in [5.41, 5.74) is 5.40. The zero-order chi connectivity index (χ0) is 12.7. The predicted octanol–water partition coefficient (Wildman–Crippen LogP) is 3.50. The molecular formula is C11H7Cl3N4. The van der Waals surface area contributed by atoms with Crippen LogP contribution in [-0.2, 0) is 0 Å². The molecule has 0 amide bonds. The summed E-state index contributed by atoms with van der Waals surface area (Å²) in [5.74, 6) is 0. The van der Waals surface area contributed by atoms with Gasteiger partial charge in [-0.25, -0.2) is 9.41 Å². The molecule has 0 bridgehead atoms. The molecule has 0 aliphatic carbocycles. The van der Waals surface area contributed by atoms with Crippen molar-refractivity contribution >= 4 is 47.0 Å². The predicted molar refractivity (Wildman–Crippen MR) is 74.4 cm³/mol. The molecule has 0 spiro atoms. The molecule has 3 rings (SSSR count). The summed E-state index contributed by atoms with van der Waals surface area (Å²) in [7, 11) is 0. The van der Waals surface area contributed by atoms with Gasteiger partial charge in [0.2, 0.25) is 0 Å². The van der Waals surface area contributed by atoms with Gasteiger partial charge in [0, 0.05) is 18.0 Å². The first-order chi connectivity index (χ1) is 8.68. The number of nitrogens with zero attached hydrogens (tertiary/aromatic N) is 3. The topological polar surface area (TPSA) is 30.9 Å². The van der Waals surface area contributed by atoms with Gasteiger partial charge in [-0.1, -0.05) is 29.3 Å². The minimum Gasteiger partial charge on any atom is -0.299 e. The lowest BCUT2D eigenvalue weighted by molar-refractivity contribution is 0.823. The molecule has 1 aromatic carbocycles. The number of halogens is 3. The van der Waals surface area contributed by atoms with E-state index in [0.717, 1.165) is 17.1 Å². The van der Waals surface area contributed by atoms with E-state index in [0.29, 0.717) is 10.0 Å². The molecule has 0 radical (unpaired) electrons. The molecule has 0 unspecified atom stereocenters. The maximum absolute atomic E-state index is 6.19. The monoisotopic (exact) mass is 300 g/mol. The first kappa shape index (κ1) is 11.7. The fourth-order valence-electron chi connectivity index (χ4n) is 1.77. The van der Waals surface area contributed by atoms with Crippen molar-refractivity contribution in [3.8, 4) is 0 Å². The standard InChI is InChI=1S/C11H7Cl3N4/c12-7-2-1-3-8(11(7)13)18-10-4-15-6-17(14)9(10)5-16-18/h1-6,16H. The third kappa shape index (κ3) is 1.73. The van der Waals surface area contributed by atoms with Crippen LogP contribution in [0.2, 0.25) is 10.0 Å². The fourth-order valence-corrected chi connectivity index (χ4v) is 2.33. The van der Waals surface area contributed by atoms with Gasteiger partial charge in [0.05, 0.1) is 21.9 Å². The van der Waals surface area contributed by atoms with Gasteiger partial charge in [-0.15, -0.1) is 0 Å². The minimum atomic E-state index is 0.470. The Morgan fingerprint density at radius 1 is 1.17 bits per heavy atom. The highest BCUT2D eigenvalue weighted by molar-refractivity contribution is 6.43. The average molecular weight is 302 g/mol. The van der Waals surface area contributed by atoms with Gasteiger partial charge < -0.3 is 0 Å². The van der Waals surface area contributed by atoms with Crippen LogP contribution in [0.5, 0.6) is 0 Å². The summed E-state index contributed by atoms with van der Waals surface area (Å²) in [4.78, 5) is 4.04. The molecule has 2 heterocycles. The zero-order valence-electron chi connectivity index (χ0n) is 8.94. The van der Waals surface area contributed by atoms with Crippen molar-refractivity contribution in [3.63, 3.8) is 0 Å². The van der Waals surface area contributed by atoms with Crippen molar-refractivity contribution in [1.82, 2.24) is 9.84 Å². The Hall–Kier alpha value is -1.36. The number of hydrogen-bond donors (Lipinski definition) is 1. The lowest BCUT2D eigenvalue weighted by atomic mass is 10.2. The number of hydrogen-bond acceptors (Lipinski definition) is 4. The Labute approximate surface area is 119 Å². The van der Waals surface area contributed by atoms with E-state index >= 15 is 0 Å². The molecule has 0 saturated heterocycles. The molecule has 0 aromatic heterocycles. The molecular weight excluding hydrogens is 295 g/mol. The summed E-state index contributed by atoms with van der Waals surface area (Å²) in [6.07, 6.45) is 4.98. The summed E-state index contributed by atoms with van der Waals surface area (Å²) < 4.78 is 1.40. The summed E-state index contributed by atoms with van der Waals surface area (Å²) in [5, 5.41) is 2.74. The van der Waals surface area contributed by atoms with Gasteiger partial charge >= 0.3 is 0 Å². The number of anilines is 1.